The predicted octanol–water partition coefficient (Wildman–Crippen LogP) is 0.441. The molecule has 14 heteroatoms. The van der Waals surface area contributed by atoms with Crippen molar-refractivity contribution in [1.29, 1.82) is 0 Å². The summed E-state index contributed by atoms with van der Waals surface area (Å²) in [6.07, 6.45) is 0. The molecule has 0 saturated carbocycles. The molecule has 0 aliphatic rings. The largest absolute Gasteiger partial charge is 0.480 e. The molecule has 2 amide bonds. The van der Waals surface area contributed by atoms with Gasteiger partial charge in [0, 0.05) is 0 Å². The topological polar surface area (TPSA) is 229 Å². The van der Waals surface area contributed by atoms with Crippen molar-refractivity contribution < 1.29 is 38.9 Å². The number of rotatable bonds is 14. The van der Waals surface area contributed by atoms with Gasteiger partial charge in [0.15, 0.2) is 35.1 Å². The molecule has 0 radical (unpaired) electrons. The Balaban J connectivity index is 1.61. The molecule has 0 fully saturated rings. The van der Waals surface area contributed by atoms with E-state index < -0.39 is 58.9 Å². The number of ether oxygens (including phenoxy) is 2. The summed E-state index contributed by atoms with van der Waals surface area (Å²) in [7, 11) is 0. The van der Waals surface area contributed by atoms with Crippen LogP contribution in [0.4, 0.5) is 11.6 Å². The van der Waals surface area contributed by atoms with Crippen molar-refractivity contribution in [1.82, 2.24) is 20.6 Å². The Morgan fingerprint density at radius 2 is 1.02 bits per heavy atom. The van der Waals surface area contributed by atoms with Crippen LogP contribution in [0, 0.1) is 0 Å². The highest BCUT2D eigenvalue weighted by atomic mass is 16.5. The van der Waals surface area contributed by atoms with Crippen LogP contribution in [0.25, 0.3) is 0 Å². The molecule has 1 unspecified atom stereocenters. The number of benzene rings is 2. The van der Waals surface area contributed by atoms with E-state index in [1.165, 1.54) is 0 Å². The van der Waals surface area contributed by atoms with Crippen molar-refractivity contribution >= 4 is 35.4 Å². The number of aliphatic carboxylic acids is 2. The Kier molecular flexibility index (Phi) is 10.4. The van der Waals surface area contributed by atoms with Gasteiger partial charge >= 0.3 is 11.9 Å². The number of aromatic nitrogens is 2. The van der Waals surface area contributed by atoms with Crippen LogP contribution in [0.2, 0.25) is 0 Å². The highest BCUT2D eigenvalue weighted by Crippen LogP contribution is 2.14. The van der Waals surface area contributed by atoms with E-state index in [1.807, 2.05) is 12.1 Å². The van der Waals surface area contributed by atoms with Crippen molar-refractivity contribution in [3.63, 3.8) is 0 Å². The zero-order chi connectivity index (χ0) is 29.1. The van der Waals surface area contributed by atoms with Gasteiger partial charge in [-0.1, -0.05) is 60.7 Å². The molecule has 2 aromatic carbocycles. The molecule has 0 aliphatic heterocycles. The number of carboxylic acid groups (broad SMARTS) is 2. The lowest BCUT2D eigenvalue weighted by molar-refractivity contribution is -0.142. The average Bonchev–Trinajstić information content (AvgIpc) is 2.93. The number of amides is 2. The van der Waals surface area contributed by atoms with Crippen molar-refractivity contribution in [2.45, 2.75) is 25.3 Å². The zero-order valence-corrected chi connectivity index (χ0v) is 21.1. The molecule has 8 N–H and O–H groups in total. The summed E-state index contributed by atoms with van der Waals surface area (Å²) < 4.78 is 10.8. The fourth-order valence-corrected chi connectivity index (χ4v) is 3.34. The van der Waals surface area contributed by atoms with Crippen molar-refractivity contribution in [2.24, 2.45) is 0 Å². The fourth-order valence-electron chi connectivity index (χ4n) is 3.34. The van der Waals surface area contributed by atoms with E-state index in [-0.39, 0.29) is 26.4 Å². The lowest BCUT2D eigenvalue weighted by Gasteiger charge is -2.17. The number of hydrogen-bond donors (Lipinski definition) is 6. The number of nitrogens with zero attached hydrogens (tertiary/aromatic N) is 2. The number of carbonyl (C=O) groups is 4. The van der Waals surface area contributed by atoms with Gasteiger partial charge in [-0.3, -0.25) is 9.59 Å². The van der Waals surface area contributed by atoms with Crippen LogP contribution in [0.15, 0.2) is 60.7 Å². The summed E-state index contributed by atoms with van der Waals surface area (Å²) in [4.78, 5) is 56.2. The van der Waals surface area contributed by atoms with E-state index in [1.54, 1.807) is 48.5 Å². The highest BCUT2D eigenvalue weighted by molar-refractivity contribution is 6.02. The van der Waals surface area contributed by atoms with Gasteiger partial charge in [0.1, 0.15) is 0 Å². The molecule has 0 spiro atoms. The first kappa shape index (κ1) is 29.5. The maximum atomic E-state index is 12.7. The molecule has 0 bridgehead atoms. The molecule has 0 aliphatic carbocycles. The van der Waals surface area contributed by atoms with Gasteiger partial charge in [-0.25, -0.2) is 19.6 Å². The molecule has 1 aromatic heterocycles. The molecule has 1 heterocycles. The van der Waals surface area contributed by atoms with Crippen LogP contribution < -0.4 is 22.1 Å². The number of nitrogen functional groups attached to an aromatic ring is 2. The molecule has 210 valence electrons. The molecular formula is C26H28N6O8. The van der Waals surface area contributed by atoms with Crippen LogP contribution in [0.5, 0.6) is 0 Å². The summed E-state index contributed by atoms with van der Waals surface area (Å²) in [5, 5.41) is 23.4. The third-order valence-corrected chi connectivity index (χ3v) is 5.38. The van der Waals surface area contributed by atoms with Gasteiger partial charge in [-0.2, -0.15) is 0 Å². The minimum atomic E-state index is -1.45. The number of carboxylic acids is 2. The second kappa shape index (κ2) is 14.2. The zero-order valence-electron chi connectivity index (χ0n) is 21.1. The molecule has 14 nitrogen and oxygen atoms in total. The second-order valence-corrected chi connectivity index (χ2v) is 8.42. The maximum absolute atomic E-state index is 12.7. The second-order valence-electron chi connectivity index (χ2n) is 8.42. The highest BCUT2D eigenvalue weighted by Gasteiger charge is 2.27. The van der Waals surface area contributed by atoms with E-state index >= 15 is 0 Å². The molecule has 3 aromatic rings. The molecular weight excluding hydrogens is 524 g/mol. The molecule has 40 heavy (non-hydrogen) atoms. The number of anilines is 2. The predicted molar refractivity (Wildman–Crippen MR) is 141 cm³/mol. The van der Waals surface area contributed by atoms with Gasteiger partial charge in [0.2, 0.25) is 0 Å². The van der Waals surface area contributed by atoms with Crippen molar-refractivity contribution in [3.8, 4) is 0 Å². The van der Waals surface area contributed by atoms with Crippen LogP contribution in [-0.2, 0) is 32.3 Å². The fraction of sp³-hybridized carbons (Fsp3) is 0.231. The Hall–Kier alpha value is -5.08. The van der Waals surface area contributed by atoms with E-state index in [4.69, 9.17) is 20.9 Å². The van der Waals surface area contributed by atoms with Crippen molar-refractivity contribution in [2.75, 3.05) is 24.7 Å². The Bertz CT molecular complexity index is 1240. The summed E-state index contributed by atoms with van der Waals surface area (Å²) >= 11 is 0. The smallest absolute Gasteiger partial charge is 0.328 e. The SMILES string of the molecule is Nc1nc(C(=O)N[C@@H](COCc2ccccc2)C(=O)O)c(N)nc1C(=O)NC(COCc1ccccc1)C(=O)O. The minimum Gasteiger partial charge on any atom is -0.480 e. The number of carbonyl (C=O) groups excluding carboxylic acids is 2. The van der Waals surface area contributed by atoms with Crippen LogP contribution in [0.1, 0.15) is 32.1 Å². The lowest BCUT2D eigenvalue weighted by Crippen LogP contribution is -2.45. The van der Waals surface area contributed by atoms with Crippen molar-refractivity contribution in [3.05, 3.63) is 83.2 Å². The van der Waals surface area contributed by atoms with Crippen LogP contribution in [-0.4, -0.2) is 69.2 Å². The molecule has 2 atom stereocenters. The van der Waals surface area contributed by atoms with Crippen LogP contribution in [0.3, 0.4) is 0 Å². The summed E-state index contributed by atoms with van der Waals surface area (Å²) in [6.45, 7) is -0.480. The summed E-state index contributed by atoms with van der Waals surface area (Å²) in [5.74, 6) is -5.83. The first-order chi connectivity index (χ1) is 19.2. The minimum absolute atomic E-state index is 0.119. The van der Waals surface area contributed by atoms with E-state index in [2.05, 4.69) is 20.6 Å². The summed E-state index contributed by atoms with van der Waals surface area (Å²) in [6, 6.07) is 15.1. The number of nitrogens with two attached hydrogens (primary N) is 2. The third kappa shape index (κ3) is 8.47. The number of hydrogen-bond acceptors (Lipinski definition) is 10. The van der Waals surface area contributed by atoms with E-state index in [9.17, 15) is 29.4 Å². The van der Waals surface area contributed by atoms with E-state index in [0.29, 0.717) is 0 Å². The Labute approximate surface area is 228 Å². The van der Waals surface area contributed by atoms with E-state index in [0.717, 1.165) is 11.1 Å². The van der Waals surface area contributed by atoms with Gasteiger partial charge in [-0.05, 0) is 11.1 Å². The first-order valence-electron chi connectivity index (χ1n) is 11.9. The van der Waals surface area contributed by atoms with Crippen LogP contribution >= 0.6 is 0 Å². The molecule has 0 saturated heterocycles. The molecule has 3 rings (SSSR count). The normalized spacial score (nSPS) is 12.2. The summed E-state index contributed by atoms with van der Waals surface area (Å²) in [5.41, 5.74) is 12.2. The monoisotopic (exact) mass is 552 g/mol. The Morgan fingerprint density at radius 1 is 0.675 bits per heavy atom. The quantitative estimate of drug-likeness (QED) is 0.160. The average molecular weight is 553 g/mol. The van der Waals surface area contributed by atoms with Gasteiger partial charge < -0.3 is 41.8 Å². The lowest BCUT2D eigenvalue weighted by atomic mass is 10.2. The first-order valence-corrected chi connectivity index (χ1v) is 11.9. The Morgan fingerprint density at radius 3 is 1.35 bits per heavy atom. The standard InChI is InChI=1S/C26H28N6O8/c27-21-19(23(33)29-17(25(35)36)13-39-11-15-7-3-1-4-8-15)31-22(28)20(32-21)24(34)30-18(26(37)38)14-40-12-16-9-5-2-6-10-16/h1-10,17-18H,11-14H2,(H2,28,31)(H2,27,32)(H,29,33)(H,30,34)(H,35,36)(H,37,38)/t17-,18?/m0/s1. The van der Waals surface area contributed by atoms with Gasteiger partial charge in [0.25, 0.3) is 11.8 Å². The third-order valence-electron chi connectivity index (χ3n) is 5.38. The number of nitrogens with one attached hydrogen (secondary N) is 2. The van der Waals surface area contributed by atoms with Gasteiger partial charge in [-0.15, -0.1) is 0 Å². The maximum Gasteiger partial charge on any atom is 0.328 e. The van der Waals surface area contributed by atoms with Gasteiger partial charge in [0.05, 0.1) is 26.4 Å².